The number of nitrogens with two attached hydrogens (primary N) is 1. The van der Waals surface area contributed by atoms with Crippen molar-refractivity contribution in [3.05, 3.63) is 0 Å². The number of hydrazine groups is 1. The number of likely N-dealkylation sites (tertiary alicyclic amines) is 1. The van der Waals surface area contributed by atoms with Crippen molar-refractivity contribution in [1.29, 1.82) is 0 Å². The third-order valence-electron chi connectivity index (χ3n) is 3.21. The third-order valence-corrected chi connectivity index (χ3v) is 3.21. The highest BCUT2D eigenvalue weighted by atomic mass is 15.4. The summed E-state index contributed by atoms with van der Waals surface area (Å²) in [4.78, 5) is 9.07. The summed E-state index contributed by atoms with van der Waals surface area (Å²) in [5, 5.41) is 0. The maximum absolute atomic E-state index is 5.50. The minimum absolute atomic E-state index is 0.803. The number of aliphatic imine (C=N–C) groups is 1. The summed E-state index contributed by atoms with van der Waals surface area (Å²) in [5.41, 5.74) is 2.69. The molecule has 1 saturated heterocycles. The van der Waals surface area contributed by atoms with Crippen LogP contribution in [0.5, 0.6) is 0 Å². The average Bonchev–Trinajstić information content (AvgIpc) is 2.85. The Hall–Kier alpha value is -0.810. The fourth-order valence-corrected chi connectivity index (χ4v) is 2.02. The van der Waals surface area contributed by atoms with Crippen molar-refractivity contribution in [1.82, 2.24) is 15.2 Å². The quantitative estimate of drug-likeness (QED) is 0.235. The molecule has 1 fully saturated rings. The van der Waals surface area contributed by atoms with Crippen LogP contribution in [0.1, 0.15) is 32.6 Å². The first kappa shape index (κ1) is 14.3. The van der Waals surface area contributed by atoms with Gasteiger partial charge >= 0.3 is 0 Å². The zero-order valence-corrected chi connectivity index (χ0v) is 11.3. The van der Waals surface area contributed by atoms with E-state index in [0.29, 0.717) is 0 Å². The molecule has 0 radical (unpaired) electrons. The lowest BCUT2D eigenvalue weighted by atomic mass is 10.3. The molecule has 1 aliphatic heterocycles. The van der Waals surface area contributed by atoms with Crippen LogP contribution in [0.4, 0.5) is 0 Å². The van der Waals surface area contributed by atoms with Gasteiger partial charge in [-0.15, -0.1) is 0 Å². The second kappa shape index (κ2) is 8.31. The van der Waals surface area contributed by atoms with Crippen molar-refractivity contribution in [2.24, 2.45) is 10.8 Å². The summed E-state index contributed by atoms with van der Waals surface area (Å²) >= 11 is 0. The monoisotopic (exact) mass is 241 g/mol. The van der Waals surface area contributed by atoms with Gasteiger partial charge in [0.2, 0.25) is 5.96 Å². The Labute approximate surface area is 105 Å². The van der Waals surface area contributed by atoms with Gasteiger partial charge in [0.25, 0.3) is 0 Å². The second-order valence-electron chi connectivity index (χ2n) is 4.67. The molecule has 1 aliphatic rings. The highest BCUT2D eigenvalue weighted by Crippen LogP contribution is 2.06. The molecule has 0 unspecified atom stereocenters. The number of nitrogens with zero attached hydrogens (tertiary/aromatic N) is 3. The van der Waals surface area contributed by atoms with Gasteiger partial charge in [0.05, 0.1) is 0 Å². The zero-order chi connectivity index (χ0) is 12.5. The molecular formula is C12H27N5. The summed E-state index contributed by atoms with van der Waals surface area (Å²) in [6.45, 7) is 7.59. The van der Waals surface area contributed by atoms with Crippen LogP contribution in [-0.2, 0) is 0 Å². The van der Waals surface area contributed by atoms with Gasteiger partial charge in [0.1, 0.15) is 0 Å². The van der Waals surface area contributed by atoms with E-state index in [0.717, 1.165) is 32.0 Å². The van der Waals surface area contributed by atoms with Crippen LogP contribution in [-0.4, -0.2) is 55.5 Å². The second-order valence-corrected chi connectivity index (χ2v) is 4.67. The van der Waals surface area contributed by atoms with Crippen LogP contribution in [0.3, 0.4) is 0 Å². The lowest BCUT2D eigenvalue weighted by Crippen LogP contribution is -2.45. The molecule has 0 amide bonds. The SMILES string of the molecule is CCCCN=C(NN)N(C)CCN1CCCC1. The molecule has 0 spiro atoms. The van der Waals surface area contributed by atoms with E-state index in [1.807, 2.05) is 7.05 Å². The van der Waals surface area contributed by atoms with E-state index in [2.05, 4.69) is 27.1 Å². The van der Waals surface area contributed by atoms with Gasteiger partial charge in [-0.3, -0.25) is 10.4 Å². The number of hydrogen-bond donors (Lipinski definition) is 2. The zero-order valence-electron chi connectivity index (χ0n) is 11.3. The number of guanidine groups is 1. The standard InChI is InChI=1S/C12H27N5/c1-3-4-7-14-12(15-13)16(2)10-11-17-8-5-6-9-17/h3-11,13H2,1-2H3,(H,14,15). The van der Waals surface area contributed by atoms with E-state index in [4.69, 9.17) is 5.84 Å². The summed E-state index contributed by atoms with van der Waals surface area (Å²) in [5.74, 6) is 6.31. The molecule has 0 bridgehead atoms. The summed E-state index contributed by atoms with van der Waals surface area (Å²) in [6, 6.07) is 0. The Kier molecular flexibility index (Phi) is 6.96. The largest absolute Gasteiger partial charge is 0.344 e. The molecule has 0 aromatic carbocycles. The summed E-state index contributed by atoms with van der Waals surface area (Å²) in [7, 11) is 2.04. The van der Waals surface area contributed by atoms with Crippen molar-refractivity contribution in [3.63, 3.8) is 0 Å². The van der Waals surface area contributed by atoms with E-state index < -0.39 is 0 Å². The molecule has 100 valence electrons. The van der Waals surface area contributed by atoms with E-state index in [1.54, 1.807) is 0 Å². The molecule has 1 rings (SSSR count). The highest BCUT2D eigenvalue weighted by molar-refractivity contribution is 5.79. The third kappa shape index (κ3) is 5.37. The van der Waals surface area contributed by atoms with Crippen molar-refractivity contribution in [2.75, 3.05) is 39.8 Å². The Morgan fingerprint density at radius 2 is 2.12 bits per heavy atom. The van der Waals surface area contributed by atoms with Crippen LogP contribution < -0.4 is 11.3 Å². The Balaban J connectivity index is 2.26. The lowest BCUT2D eigenvalue weighted by molar-refractivity contribution is 0.304. The minimum atomic E-state index is 0.803. The Morgan fingerprint density at radius 3 is 2.71 bits per heavy atom. The maximum Gasteiger partial charge on any atom is 0.208 e. The van der Waals surface area contributed by atoms with Crippen molar-refractivity contribution >= 4 is 5.96 Å². The first-order valence-electron chi connectivity index (χ1n) is 6.72. The molecule has 0 aromatic heterocycles. The number of likely N-dealkylation sites (N-methyl/N-ethyl adjacent to an activating group) is 1. The smallest absolute Gasteiger partial charge is 0.208 e. The Morgan fingerprint density at radius 1 is 1.41 bits per heavy atom. The summed E-state index contributed by atoms with van der Waals surface area (Å²) in [6.07, 6.45) is 4.97. The molecule has 0 aromatic rings. The molecule has 1 heterocycles. The molecule has 5 heteroatoms. The topological polar surface area (TPSA) is 56.9 Å². The van der Waals surface area contributed by atoms with Gasteiger partial charge in [0, 0.05) is 26.7 Å². The van der Waals surface area contributed by atoms with Crippen LogP contribution in [0.25, 0.3) is 0 Å². The fraction of sp³-hybridized carbons (Fsp3) is 0.917. The number of rotatable bonds is 6. The van der Waals surface area contributed by atoms with Gasteiger partial charge < -0.3 is 9.80 Å². The van der Waals surface area contributed by atoms with Crippen molar-refractivity contribution < 1.29 is 0 Å². The maximum atomic E-state index is 5.50. The molecule has 0 aliphatic carbocycles. The normalized spacial score (nSPS) is 17.5. The fourth-order valence-electron chi connectivity index (χ4n) is 2.02. The molecule has 0 atom stereocenters. The molecular weight excluding hydrogens is 214 g/mol. The van der Waals surface area contributed by atoms with Crippen molar-refractivity contribution in [2.45, 2.75) is 32.6 Å². The van der Waals surface area contributed by atoms with Crippen LogP contribution >= 0.6 is 0 Å². The van der Waals surface area contributed by atoms with E-state index in [1.165, 1.54) is 32.4 Å². The predicted molar refractivity (Wildman–Crippen MR) is 72.8 cm³/mol. The first-order valence-corrected chi connectivity index (χ1v) is 6.72. The summed E-state index contributed by atoms with van der Waals surface area (Å²) < 4.78 is 0. The van der Waals surface area contributed by atoms with Crippen LogP contribution in [0.2, 0.25) is 0 Å². The van der Waals surface area contributed by atoms with Gasteiger partial charge in [-0.25, -0.2) is 5.84 Å². The molecule has 17 heavy (non-hydrogen) atoms. The number of hydrogen-bond acceptors (Lipinski definition) is 3. The van der Waals surface area contributed by atoms with Gasteiger partial charge in [0.15, 0.2) is 0 Å². The molecule has 5 nitrogen and oxygen atoms in total. The van der Waals surface area contributed by atoms with Crippen LogP contribution in [0, 0.1) is 0 Å². The van der Waals surface area contributed by atoms with E-state index >= 15 is 0 Å². The van der Waals surface area contributed by atoms with Crippen LogP contribution in [0.15, 0.2) is 4.99 Å². The molecule has 0 saturated carbocycles. The van der Waals surface area contributed by atoms with Crippen molar-refractivity contribution in [3.8, 4) is 0 Å². The predicted octanol–water partition coefficient (Wildman–Crippen LogP) is 0.633. The first-order chi connectivity index (χ1) is 8.27. The Bertz CT molecular complexity index is 223. The number of unbranched alkanes of at least 4 members (excludes halogenated alkanes) is 1. The highest BCUT2D eigenvalue weighted by Gasteiger charge is 2.12. The lowest BCUT2D eigenvalue weighted by Gasteiger charge is -2.23. The molecule has 3 N–H and O–H groups in total. The van der Waals surface area contributed by atoms with Gasteiger partial charge in [-0.1, -0.05) is 13.3 Å². The van der Waals surface area contributed by atoms with Gasteiger partial charge in [-0.05, 0) is 32.4 Å². The van der Waals surface area contributed by atoms with E-state index in [-0.39, 0.29) is 0 Å². The average molecular weight is 241 g/mol. The van der Waals surface area contributed by atoms with Gasteiger partial charge in [-0.2, -0.15) is 0 Å². The minimum Gasteiger partial charge on any atom is -0.344 e. The number of nitrogens with one attached hydrogen (secondary N) is 1. The van der Waals surface area contributed by atoms with E-state index in [9.17, 15) is 0 Å².